The molecule has 0 saturated heterocycles. The van der Waals surface area contributed by atoms with Crippen molar-refractivity contribution in [2.24, 2.45) is 0 Å². The summed E-state index contributed by atoms with van der Waals surface area (Å²) < 4.78 is 11.2. The molecule has 0 spiro atoms. The van der Waals surface area contributed by atoms with Gasteiger partial charge in [-0.05, 0) is 53.9 Å². The van der Waals surface area contributed by atoms with E-state index in [9.17, 15) is 0 Å². The molecule has 3 aromatic heterocycles. The van der Waals surface area contributed by atoms with Crippen molar-refractivity contribution in [3.63, 3.8) is 0 Å². The zero-order valence-electron chi connectivity index (χ0n) is 26.8. The van der Waals surface area contributed by atoms with Crippen LogP contribution in [0.3, 0.4) is 0 Å². The van der Waals surface area contributed by atoms with Gasteiger partial charge < -0.3 is 19.1 Å². The molecule has 0 bridgehead atoms. The molecule has 50 heavy (non-hydrogen) atoms. The number of thiophene rings is 1. The van der Waals surface area contributed by atoms with E-state index in [2.05, 4.69) is 143 Å². The molecule has 6 aromatic carbocycles. The molecule has 244 valence electrons. The van der Waals surface area contributed by atoms with E-state index in [1.54, 1.807) is 11.3 Å². The summed E-state index contributed by atoms with van der Waals surface area (Å²) in [6, 6.07) is 53.5. The van der Waals surface area contributed by atoms with Gasteiger partial charge >= 0.3 is 0 Å². The molecule has 1 aliphatic heterocycles. The van der Waals surface area contributed by atoms with Gasteiger partial charge in [-0.1, -0.05) is 78.3 Å². The van der Waals surface area contributed by atoms with Crippen LogP contribution in [-0.2, 0) is 21.1 Å². The van der Waals surface area contributed by atoms with E-state index in [4.69, 9.17) is 9.72 Å². The molecule has 0 N–H and O–H groups in total. The standard InChI is InChI=1S/C43H27N4OS.Pt/c1-45-27-46(39-16-7-6-15-38(39)45)30-12-9-13-31(23-30)48-32-19-20-33-35-22-29(28-10-3-2-4-11-28)18-21-37(35)47(40(33)24-32)43-25-42-36(26-44-43)34-14-5-8-17-41(34)49-42;/h2-22,25-27H,1H3;/q-3;. The number of nitrogens with zero attached hydrogens (tertiary/aromatic N) is 4. The van der Waals surface area contributed by atoms with Crippen LogP contribution in [0.4, 0.5) is 17.1 Å². The molecule has 7 heteroatoms. The molecule has 0 amide bonds. The van der Waals surface area contributed by atoms with Crippen LogP contribution in [0.25, 0.3) is 58.9 Å². The number of anilines is 3. The maximum Gasteiger partial charge on any atom is 0.137 e. The van der Waals surface area contributed by atoms with Crippen molar-refractivity contribution in [1.29, 1.82) is 0 Å². The molecule has 0 unspecified atom stereocenters. The van der Waals surface area contributed by atoms with E-state index in [1.807, 2.05) is 36.5 Å². The maximum absolute atomic E-state index is 6.49. The number of rotatable bonds is 5. The van der Waals surface area contributed by atoms with Gasteiger partial charge in [0.2, 0.25) is 0 Å². The van der Waals surface area contributed by atoms with E-state index >= 15 is 0 Å². The van der Waals surface area contributed by atoms with Gasteiger partial charge in [-0.25, -0.2) is 4.98 Å². The molecule has 0 aliphatic carbocycles. The summed E-state index contributed by atoms with van der Waals surface area (Å²) in [4.78, 5) is 9.28. The third kappa shape index (κ3) is 4.98. The van der Waals surface area contributed by atoms with E-state index in [0.29, 0.717) is 11.5 Å². The van der Waals surface area contributed by atoms with Gasteiger partial charge in [-0.2, -0.15) is 18.8 Å². The van der Waals surface area contributed by atoms with Gasteiger partial charge in [0.05, 0.1) is 0 Å². The van der Waals surface area contributed by atoms with Gasteiger partial charge in [0.15, 0.2) is 0 Å². The minimum absolute atomic E-state index is 0. The Morgan fingerprint density at radius 1 is 0.640 bits per heavy atom. The minimum atomic E-state index is 0. The SMILES string of the molecule is CN1[CH-]N(c2[c-]c(Oc3[c-]c4c(cc3)c3cc(-c5ccccc5)ccc3n4-c3cc4sc5ccccc5c4cn3)ccc2)c2ccccc21.[Pt]. The summed E-state index contributed by atoms with van der Waals surface area (Å²) in [7, 11) is 2.05. The topological polar surface area (TPSA) is 33.5 Å². The molecule has 0 fully saturated rings. The van der Waals surface area contributed by atoms with Crippen molar-refractivity contribution in [2.45, 2.75) is 0 Å². The Morgan fingerprint density at radius 3 is 2.34 bits per heavy atom. The first kappa shape index (κ1) is 30.6. The molecular weight excluding hydrogens is 816 g/mol. The summed E-state index contributed by atoms with van der Waals surface area (Å²) in [6.45, 7) is 2.07. The number of para-hydroxylation sites is 2. The molecular formula is C43H27N4OPtS-3. The normalized spacial score (nSPS) is 12.6. The number of pyridine rings is 1. The van der Waals surface area contributed by atoms with Crippen LogP contribution in [0.5, 0.6) is 11.5 Å². The number of aromatic nitrogens is 2. The fraction of sp³-hybridized carbons (Fsp3) is 0.0233. The third-order valence-corrected chi connectivity index (χ3v) is 10.4. The van der Waals surface area contributed by atoms with Crippen molar-refractivity contribution in [3.8, 4) is 28.4 Å². The van der Waals surface area contributed by atoms with Crippen molar-refractivity contribution < 1.29 is 25.8 Å². The number of benzene rings is 6. The van der Waals surface area contributed by atoms with Gasteiger partial charge in [-0.15, -0.1) is 52.7 Å². The summed E-state index contributed by atoms with van der Waals surface area (Å²) in [5, 5.41) is 4.63. The summed E-state index contributed by atoms with van der Waals surface area (Å²) in [5.41, 5.74) is 7.47. The molecule has 4 heterocycles. The predicted molar refractivity (Wildman–Crippen MR) is 202 cm³/mol. The van der Waals surface area contributed by atoms with Crippen molar-refractivity contribution in [1.82, 2.24) is 9.55 Å². The van der Waals surface area contributed by atoms with Crippen LogP contribution in [0, 0.1) is 18.8 Å². The van der Waals surface area contributed by atoms with Crippen LogP contribution in [0.2, 0.25) is 0 Å². The van der Waals surface area contributed by atoms with Gasteiger partial charge in [-0.3, -0.25) is 0 Å². The monoisotopic (exact) mass is 842 g/mol. The number of ether oxygens (including phenoxy) is 1. The molecule has 0 saturated carbocycles. The second kappa shape index (κ2) is 12.2. The minimum Gasteiger partial charge on any atom is -0.509 e. The van der Waals surface area contributed by atoms with Crippen LogP contribution in [0.1, 0.15) is 0 Å². The van der Waals surface area contributed by atoms with E-state index in [1.165, 1.54) is 25.7 Å². The molecule has 5 nitrogen and oxygen atoms in total. The fourth-order valence-electron chi connectivity index (χ4n) is 6.97. The predicted octanol–water partition coefficient (Wildman–Crippen LogP) is 11.3. The molecule has 0 radical (unpaired) electrons. The quantitative estimate of drug-likeness (QED) is 0.162. The summed E-state index contributed by atoms with van der Waals surface area (Å²) in [6.07, 6.45) is 2.01. The third-order valence-electron chi connectivity index (χ3n) is 9.28. The molecule has 9 aromatic rings. The van der Waals surface area contributed by atoms with Crippen molar-refractivity contribution in [2.75, 3.05) is 16.8 Å². The molecule has 10 rings (SSSR count). The number of hydrogen-bond acceptors (Lipinski definition) is 5. The van der Waals surface area contributed by atoms with Crippen LogP contribution in [-0.4, -0.2) is 16.6 Å². The Hall–Kier alpha value is -5.42. The maximum atomic E-state index is 6.49. The van der Waals surface area contributed by atoms with Crippen LogP contribution < -0.4 is 14.5 Å². The average molecular weight is 843 g/mol. The zero-order valence-corrected chi connectivity index (χ0v) is 29.9. The van der Waals surface area contributed by atoms with Crippen molar-refractivity contribution >= 4 is 70.4 Å². The Balaban J connectivity index is 0.00000336. The second-order valence-corrected chi connectivity index (χ2v) is 13.3. The van der Waals surface area contributed by atoms with Gasteiger partial charge in [0, 0.05) is 75.8 Å². The zero-order chi connectivity index (χ0) is 32.5. The average Bonchev–Trinajstić information content (AvgIpc) is 3.80. The smallest absolute Gasteiger partial charge is 0.137 e. The van der Waals surface area contributed by atoms with Gasteiger partial charge in [0.1, 0.15) is 5.82 Å². The number of hydrogen-bond donors (Lipinski definition) is 0. The fourth-order valence-corrected chi connectivity index (χ4v) is 8.08. The van der Waals surface area contributed by atoms with Crippen LogP contribution >= 0.6 is 11.3 Å². The largest absolute Gasteiger partial charge is 0.509 e. The Labute approximate surface area is 307 Å². The first-order valence-electron chi connectivity index (χ1n) is 16.2. The van der Waals surface area contributed by atoms with E-state index in [0.717, 1.165) is 50.2 Å². The Morgan fingerprint density at radius 2 is 1.44 bits per heavy atom. The first-order chi connectivity index (χ1) is 24.2. The summed E-state index contributed by atoms with van der Waals surface area (Å²) >= 11 is 1.79. The Bertz CT molecular complexity index is 2720. The first-order valence-corrected chi connectivity index (χ1v) is 17.0. The molecule has 0 atom stereocenters. The van der Waals surface area contributed by atoms with E-state index in [-0.39, 0.29) is 21.1 Å². The number of fused-ring (bicyclic) bond motifs is 7. The van der Waals surface area contributed by atoms with Crippen LogP contribution in [0.15, 0.2) is 140 Å². The van der Waals surface area contributed by atoms with Gasteiger partial charge in [0.25, 0.3) is 0 Å². The second-order valence-electron chi connectivity index (χ2n) is 12.2. The Kier molecular flexibility index (Phi) is 7.45. The van der Waals surface area contributed by atoms with E-state index < -0.39 is 0 Å². The molecule has 1 aliphatic rings. The summed E-state index contributed by atoms with van der Waals surface area (Å²) in [5.74, 6) is 2.08. The van der Waals surface area contributed by atoms with Crippen molar-refractivity contribution in [3.05, 3.63) is 158 Å².